The van der Waals surface area contributed by atoms with Crippen LogP contribution in [-0.2, 0) is 16.4 Å². The Labute approximate surface area is 129 Å². The van der Waals surface area contributed by atoms with E-state index in [0.717, 1.165) is 12.0 Å². The van der Waals surface area contributed by atoms with Gasteiger partial charge in [0.15, 0.2) is 0 Å². The predicted molar refractivity (Wildman–Crippen MR) is 85.0 cm³/mol. The Kier molecular flexibility index (Phi) is 4.39. The fourth-order valence-corrected chi connectivity index (χ4v) is 3.06. The number of aryl methyl sites for hydroxylation is 2. The summed E-state index contributed by atoms with van der Waals surface area (Å²) in [5.41, 5.74) is 8.27. The normalized spacial score (nSPS) is 11.4. The summed E-state index contributed by atoms with van der Waals surface area (Å²) in [7, 11) is -3.70. The number of nitrogens with zero attached hydrogens (tertiary/aromatic N) is 1. The molecule has 21 heavy (non-hydrogen) atoms. The first-order valence-corrected chi connectivity index (χ1v) is 8.23. The number of halogens is 1. The zero-order chi connectivity index (χ0) is 15.6. The molecule has 0 amide bonds. The van der Waals surface area contributed by atoms with Gasteiger partial charge in [-0.3, -0.25) is 4.72 Å². The number of hydrogen-bond donors (Lipinski definition) is 2. The Morgan fingerprint density at radius 1 is 1.33 bits per heavy atom. The Balaban J connectivity index is 2.33. The van der Waals surface area contributed by atoms with Gasteiger partial charge in [-0.2, -0.15) is 0 Å². The molecular weight excluding hydrogens is 310 g/mol. The quantitative estimate of drug-likeness (QED) is 0.668. The van der Waals surface area contributed by atoms with Gasteiger partial charge in [0.25, 0.3) is 10.0 Å². The molecule has 0 aliphatic rings. The van der Waals surface area contributed by atoms with E-state index in [0.29, 0.717) is 22.1 Å². The van der Waals surface area contributed by atoms with Crippen LogP contribution in [0.15, 0.2) is 35.4 Å². The van der Waals surface area contributed by atoms with Crippen LogP contribution in [0.25, 0.3) is 0 Å². The molecule has 0 aliphatic heterocycles. The van der Waals surface area contributed by atoms with Gasteiger partial charge in [-0.1, -0.05) is 24.6 Å². The van der Waals surface area contributed by atoms with Gasteiger partial charge >= 0.3 is 0 Å². The molecule has 1 aromatic heterocycles. The number of nitrogens with two attached hydrogens (primary N) is 1. The highest BCUT2D eigenvalue weighted by molar-refractivity contribution is 7.92. The van der Waals surface area contributed by atoms with Crippen LogP contribution < -0.4 is 10.5 Å². The molecule has 0 atom stereocenters. The molecule has 2 rings (SSSR count). The molecule has 0 bridgehead atoms. The van der Waals surface area contributed by atoms with Crippen LogP contribution in [0.5, 0.6) is 0 Å². The third-order valence-corrected chi connectivity index (χ3v) is 4.85. The zero-order valence-corrected chi connectivity index (χ0v) is 13.3. The van der Waals surface area contributed by atoms with Gasteiger partial charge in [-0.05, 0) is 42.7 Å². The van der Waals surface area contributed by atoms with E-state index < -0.39 is 10.0 Å². The molecule has 1 heterocycles. The predicted octanol–water partition coefficient (Wildman–Crippen LogP) is 2.99. The Morgan fingerprint density at radius 3 is 2.62 bits per heavy atom. The van der Waals surface area contributed by atoms with Crippen molar-refractivity contribution in [3.63, 3.8) is 0 Å². The van der Waals surface area contributed by atoms with Crippen LogP contribution in [-0.4, -0.2) is 13.4 Å². The van der Waals surface area contributed by atoms with E-state index in [1.54, 1.807) is 19.1 Å². The zero-order valence-electron chi connectivity index (χ0n) is 11.7. The second-order valence-electron chi connectivity index (χ2n) is 4.65. The third-order valence-electron chi connectivity index (χ3n) is 3.08. The lowest BCUT2D eigenvalue weighted by molar-refractivity contribution is 0.601. The maximum absolute atomic E-state index is 12.3. The molecular formula is C14H16ClN3O2S. The number of nitrogen functional groups attached to an aromatic ring is 1. The molecule has 0 fully saturated rings. The van der Waals surface area contributed by atoms with E-state index in [1.807, 2.05) is 6.92 Å². The number of nitrogens with one attached hydrogen (secondary N) is 1. The highest BCUT2D eigenvalue weighted by Crippen LogP contribution is 2.22. The summed E-state index contributed by atoms with van der Waals surface area (Å²) in [5.74, 6) is 0. The van der Waals surface area contributed by atoms with E-state index in [9.17, 15) is 8.42 Å². The number of sulfonamides is 1. The van der Waals surface area contributed by atoms with Crippen molar-refractivity contribution in [2.45, 2.75) is 25.2 Å². The summed E-state index contributed by atoms with van der Waals surface area (Å²) in [6, 6.07) is 6.33. The molecule has 3 N–H and O–H groups in total. The van der Waals surface area contributed by atoms with Gasteiger partial charge in [0.05, 0.1) is 16.8 Å². The summed E-state index contributed by atoms with van der Waals surface area (Å²) in [6.07, 6.45) is 2.12. The smallest absolute Gasteiger partial charge is 0.262 e. The first-order chi connectivity index (χ1) is 9.83. The van der Waals surface area contributed by atoms with Crippen molar-refractivity contribution in [3.05, 3.63) is 46.7 Å². The van der Waals surface area contributed by atoms with Crippen molar-refractivity contribution >= 4 is 33.0 Å². The summed E-state index contributed by atoms with van der Waals surface area (Å²) >= 11 is 5.82. The first kappa shape index (κ1) is 15.6. The Hall–Kier alpha value is -1.79. The molecule has 0 saturated carbocycles. The number of rotatable bonds is 4. The van der Waals surface area contributed by atoms with Gasteiger partial charge in [0, 0.05) is 5.69 Å². The van der Waals surface area contributed by atoms with Gasteiger partial charge in [0.1, 0.15) is 5.15 Å². The van der Waals surface area contributed by atoms with E-state index in [2.05, 4.69) is 9.71 Å². The standard InChI is InChI=1S/C14H16ClN3O2S/c1-3-10-4-5-12(7-13(10)16)21(19,20)18-11-6-9(2)14(15)17-8-11/h4-8,18H,3,16H2,1-2H3. The molecule has 7 heteroatoms. The van der Waals surface area contributed by atoms with Gasteiger partial charge in [0.2, 0.25) is 0 Å². The third kappa shape index (κ3) is 3.46. The molecule has 5 nitrogen and oxygen atoms in total. The van der Waals surface area contributed by atoms with Crippen LogP contribution >= 0.6 is 11.6 Å². The SMILES string of the molecule is CCc1ccc(S(=O)(=O)Nc2cnc(Cl)c(C)c2)cc1N. The van der Waals surface area contributed by atoms with Crippen molar-refractivity contribution in [3.8, 4) is 0 Å². The van der Waals surface area contributed by atoms with Crippen LogP contribution in [0, 0.1) is 6.92 Å². The molecule has 0 aliphatic carbocycles. The lowest BCUT2D eigenvalue weighted by Crippen LogP contribution is -2.14. The van der Waals surface area contributed by atoms with Crippen LogP contribution in [0.3, 0.4) is 0 Å². The van der Waals surface area contributed by atoms with Gasteiger partial charge < -0.3 is 5.73 Å². The van der Waals surface area contributed by atoms with Crippen LogP contribution in [0.2, 0.25) is 5.15 Å². The molecule has 0 spiro atoms. The van der Waals surface area contributed by atoms with Gasteiger partial charge in [-0.25, -0.2) is 13.4 Å². The second-order valence-corrected chi connectivity index (χ2v) is 6.69. The van der Waals surface area contributed by atoms with Crippen molar-refractivity contribution in [2.24, 2.45) is 0 Å². The fourth-order valence-electron chi connectivity index (χ4n) is 1.89. The lowest BCUT2D eigenvalue weighted by Gasteiger charge is -2.10. The number of hydrogen-bond acceptors (Lipinski definition) is 4. The van der Waals surface area contributed by atoms with Crippen molar-refractivity contribution in [1.29, 1.82) is 0 Å². The number of pyridine rings is 1. The average molecular weight is 326 g/mol. The van der Waals surface area contributed by atoms with Gasteiger partial charge in [-0.15, -0.1) is 0 Å². The lowest BCUT2D eigenvalue weighted by atomic mass is 10.1. The van der Waals surface area contributed by atoms with Crippen molar-refractivity contribution in [2.75, 3.05) is 10.5 Å². The summed E-state index contributed by atoms with van der Waals surface area (Å²) in [5, 5.41) is 0.342. The molecule has 0 saturated heterocycles. The Bertz CT molecular complexity index is 776. The maximum Gasteiger partial charge on any atom is 0.262 e. The van der Waals surface area contributed by atoms with E-state index in [1.165, 1.54) is 18.3 Å². The Morgan fingerprint density at radius 2 is 2.05 bits per heavy atom. The fraction of sp³-hybridized carbons (Fsp3) is 0.214. The molecule has 2 aromatic rings. The monoisotopic (exact) mass is 325 g/mol. The number of benzene rings is 1. The minimum Gasteiger partial charge on any atom is -0.398 e. The molecule has 0 radical (unpaired) electrons. The van der Waals surface area contributed by atoms with Crippen molar-refractivity contribution in [1.82, 2.24) is 4.98 Å². The van der Waals surface area contributed by atoms with Crippen LogP contribution in [0.1, 0.15) is 18.1 Å². The number of anilines is 2. The molecule has 112 valence electrons. The molecule has 1 aromatic carbocycles. The van der Waals surface area contributed by atoms with Crippen molar-refractivity contribution < 1.29 is 8.42 Å². The maximum atomic E-state index is 12.3. The average Bonchev–Trinajstić information content (AvgIpc) is 2.42. The summed E-state index contributed by atoms with van der Waals surface area (Å²) < 4.78 is 27.1. The summed E-state index contributed by atoms with van der Waals surface area (Å²) in [6.45, 7) is 3.71. The highest BCUT2D eigenvalue weighted by Gasteiger charge is 2.16. The van der Waals surface area contributed by atoms with E-state index in [-0.39, 0.29) is 4.90 Å². The summed E-state index contributed by atoms with van der Waals surface area (Å²) in [4.78, 5) is 4.03. The van der Waals surface area contributed by atoms with Crippen LogP contribution in [0.4, 0.5) is 11.4 Å². The molecule has 0 unspecified atom stereocenters. The largest absolute Gasteiger partial charge is 0.398 e. The second kappa shape index (κ2) is 5.91. The first-order valence-electron chi connectivity index (χ1n) is 6.37. The minimum absolute atomic E-state index is 0.116. The van der Waals surface area contributed by atoms with E-state index in [4.69, 9.17) is 17.3 Å². The number of aromatic nitrogens is 1. The topological polar surface area (TPSA) is 85.1 Å². The highest BCUT2D eigenvalue weighted by atomic mass is 35.5. The minimum atomic E-state index is -3.70. The van der Waals surface area contributed by atoms with E-state index >= 15 is 0 Å².